The van der Waals surface area contributed by atoms with Gasteiger partial charge >= 0.3 is 11.9 Å². The van der Waals surface area contributed by atoms with Gasteiger partial charge in [-0.15, -0.1) is 0 Å². The second kappa shape index (κ2) is 18.4. The molecule has 2 atom stereocenters. The summed E-state index contributed by atoms with van der Waals surface area (Å²) in [6, 6.07) is 13.0. The van der Waals surface area contributed by atoms with E-state index in [9.17, 15) is 9.59 Å². The Morgan fingerprint density at radius 1 is 0.750 bits per heavy atom. The topological polar surface area (TPSA) is 108 Å². The fourth-order valence-corrected chi connectivity index (χ4v) is 3.41. The molecule has 0 saturated carbocycles. The molecule has 0 aliphatic carbocycles. The van der Waals surface area contributed by atoms with E-state index in [1.54, 1.807) is 36.4 Å². The molecule has 10 heteroatoms. The molecule has 1 heterocycles. The van der Waals surface area contributed by atoms with Gasteiger partial charge < -0.3 is 37.9 Å². The molecule has 0 aromatic heterocycles. The molecule has 220 valence electrons. The van der Waals surface area contributed by atoms with Crippen LogP contribution in [0.25, 0.3) is 0 Å². The summed E-state index contributed by atoms with van der Waals surface area (Å²) in [4.78, 5) is 25.1. The Bertz CT molecular complexity index is 977. The lowest BCUT2D eigenvalue weighted by Gasteiger charge is -2.18. The first-order valence-corrected chi connectivity index (χ1v) is 13.7. The molecule has 1 aliphatic heterocycles. The molecule has 1 aliphatic rings. The van der Waals surface area contributed by atoms with Crippen molar-refractivity contribution in [1.29, 1.82) is 0 Å². The first kappa shape index (κ1) is 31.5. The van der Waals surface area contributed by atoms with Crippen LogP contribution in [-0.4, -0.2) is 90.7 Å². The summed E-state index contributed by atoms with van der Waals surface area (Å²) in [7, 11) is 0. The predicted octanol–water partition coefficient (Wildman–Crippen LogP) is 3.95. The third-order valence-corrected chi connectivity index (χ3v) is 6.02. The van der Waals surface area contributed by atoms with E-state index in [1.165, 1.54) is 12.1 Å². The van der Waals surface area contributed by atoms with Crippen molar-refractivity contribution in [2.75, 3.05) is 72.7 Å². The van der Waals surface area contributed by atoms with Gasteiger partial charge in [-0.05, 0) is 54.4 Å². The number of ether oxygens (including phenoxy) is 8. The molecule has 0 amide bonds. The van der Waals surface area contributed by atoms with Crippen LogP contribution in [0.3, 0.4) is 0 Å². The molecule has 0 N–H and O–H groups in total. The Morgan fingerprint density at radius 3 is 1.88 bits per heavy atom. The maximum atomic E-state index is 12.6. The lowest BCUT2D eigenvalue weighted by molar-refractivity contribution is -0.0689. The third-order valence-electron chi connectivity index (χ3n) is 6.02. The normalized spacial score (nSPS) is 18.5. The van der Waals surface area contributed by atoms with E-state index in [0.29, 0.717) is 88.0 Å². The summed E-state index contributed by atoms with van der Waals surface area (Å²) in [6.07, 6.45) is 0.578. The number of benzene rings is 2. The SMILES string of the molecule is CCC(C)COc1ccc(C(=O)Oc2ccc(C(=O)OCC3COCCOCCOCCOCCO3)cc2)cc1. The fraction of sp³-hybridized carbons (Fsp3) is 0.533. The van der Waals surface area contributed by atoms with E-state index >= 15 is 0 Å². The minimum absolute atomic E-state index is 0.0105. The zero-order valence-corrected chi connectivity index (χ0v) is 23.3. The summed E-state index contributed by atoms with van der Waals surface area (Å²) in [5, 5.41) is 0. The molecule has 0 bridgehead atoms. The standard InChI is InChI=1S/C30H40O10/c1-3-23(2)20-38-26-8-4-25(5-9-26)30(32)40-27-10-6-24(7-11-27)29(31)39-22-28-21-36-17-16-34-13-12-33-14-15-35-18-19-37-28/h4-11,23,28H,3,12-22H2,1-2H3. The van der Waals surface area contributed by atoms with Gasteiger partial charge in [0, 0.05) is 0 Å². The zero-order chi connectivity index (χ0) is 28.4. The highest BCUT2D eigenvalue weighted by Gasteiger charge is 2.16. The summed E-state index contributed by atoms with van der Waals surface area (Å²) in [5.74, 6) is 0.434. The second-order valence-electron chi connectivity index (χ2n) is 9.27. The third kappa shape index (κ3) is 12.0. The quantitative estimate of drug-likeness (QED) is 0.330. The van der Waals surface area contributed by atoms with Gasteiger partial charge in [-0.25, -0.2) is 9.59 Å². The van der Waals surface area contributed by atoms with Crippen molar-refractivity contribution in [3.8, 4) is 11.5 Å². The van der Waals surface area contributed by atoms with Crippen LogP contribution in [-0.2, 0) is 28.4 Å². The van der Waals surface area contributed by atoms with E-state index in [4.69, 9.17) is 37.9 Å². The number of carbonyl (C=O) groups excluding carboxylic acids is 2. The molecular formula is C30H40O10. The van der Waals surface area contributed by atoms with Gasteiger partial charge in [-0.2, -0.15) is 0 Å². The number of hydrogen-bond donors (Lipinski definition) is 0. The van der Waals surface area contributed by atoms with E-state index in [0.717, 1.165) is 6.42 Å². The largest absolute Gasteiger partial charge is 0.493 e. The minimum Gasteiger partial charge on any atom is -0.493 e. The number of carbonyl (C=O) groups is 2. The second-order valence-corrected chi connectivity index (χ2v) is 9.27. The molecule has 10 nitrogen and oxygen atoms in total. The van der Waals surface area contributed by atoms with Crippen LogP contribution >= 0.6 is 0 Å². The van der Waals surface area contributed by atoms with Crippen LogP contribution in [0.5, 0.6) is 11.5 Å². The van der Waals surface area contributed by atoms with Crippen LogP contribution in [0.1, 0.15) is 41.0 Å². The van der Waals surface area contributed by atoms with E-state index in [-0.39, 0.29) is 13.2 Å². The zero-order valence-electron chi connectivity index (χ0n) is 23.3. The average Bonchev–Trinajstić information content (AvgIpc) is 2.99. The summed E-state index contributed by atoms with van der Waals surface area (Å²) < 4.78 is 44.3. The Hall–Kier alpha value is -3.02. The van der Waals surface area contributed by atoms with E-state index < -0.39 is 18.0 Å². The Labute approximate surface area is 235 Å². The summed E-state index contributed by atoms with van der Waals surface area (Å²) in [5.41, 5.74) is 0.711. The highest BCUT2D eigenvalue weighted by atomic mass is 16.6. The van der Waals surface area contributed by atoms with Crippen LogP contribution in [0.15, 0.2) is 48.5 Å². The first-order valence-electron chi connectivity index (χ1n) is 13.7. The highest BCUT2D eigenvalue weighted by Crippen LogP contribution is 2.18. The molecule has 0 radical (unpaired) electrons. The van der Waals surface area contributed by atoms with E-state index in [2.05, 4.69) is 13.8 Å². The monoisotopic (exact) mass is 560 g/mol. The lowest BCUT2D eigenvalue weighted by atomic mass is 10.1. The molecular weight excluding hydrogens is 520 g/mol. The van der Waals surface area contributed by atoms with Crippen molar-refractivity contribution < 1.29 is 47.5 Å². The maximum Gasteiger partial charge on any atom is 0.343 e. The van der Waals surface area contributed by atoms with Gasteiger partial charge in [0.1, 0.15) is 24.2 Å². The van der Waals surface area contributed by atoms with Gasteiger partial charge in [0.2, 0.25) is 0 Å². The fourth-order valence-electron chi connectivity index (χ4n) is 3.41. The highest BCUT2D eigenvalue weighted by molar-refractivity contribution is 5.92. The minimum atomic E-state index is -0.526. The number of hydrogen-bond acceptors (Lipinski definition) is 10. The van der Waals surface area contributed by atoms with Crippen LogP contribution in [0.4, 0.5) is 0 Å². The van der Waals surface area contributed by atoms with E-state index in [1.807, 2.05) is 0 Å². The van der Waals surface area contributed by atoms with Crippen molar-refractivity contribution in [3.05, 3.63) is 59.7 Å². The Morgan fingerprint density at radius 2 is 1.27 bits per heavy atom. The Balaban J connectivity index is 1.44. The van der Waals surface area contributed by atoms with Crippen molar-refractivity contribution in [2.24, 2.45) is 5.92 Å². The smallest absolute Gasteiger partial charge is 0.343 e. The lowest BCUT2D eigenvalue weighted by Crippen LogP contribution is -2.29. The van der Waals surface area contributed by atoms with Gasteiger partial charge in [0.15, 0.2) is 0 Å². The predicted molar refractivity (Wildman–Crippen MR) is 146 cm³/mol. The molecule has 2 aromatic carbocycles. The van der Waals surface area contributed by atoms with Crippen LogP contribution in [0.2, 0.25) is 0 Å². The van der Waals surface area contributed by atoms with Gasteiger partial charge in [-0.1, -0.05) is 20.3 Å². The van der Waals surface area contributed by atoms with Crippen molar-refractivity contribution >= 4 is 11.9 Å². The van der Waals surface area contributed by atoms with Gasteiger partial charge in [-0.3, -0.25) is 0 Å². The summed E-state index contributed by atoms with van der Waals surface area (Å²) in [6.45, 7) is 8.59. The average molecular weight is 561 g/mol. The van der Waals surface area contributed by atoms with Crippen molar-refractivity contribution in [2.45, 2.75) is 26.4 Å². The summed E-state index contributed by atoms with van der Waals surface area (Å²) >= 11 is 0. The number of rotatable bonds is 9. The van der Waals surface area contributed by atoms with Gasteiger partial charge in [0.25, 0.3) is 0 Å². The first-order chi connectivity index (χ1) is 19.5. The maximum absolute atomic E-state index is 12.6. The van der Waals surface area contributed by atoms with Crippen LogP contribution in [0, 0.1) is 5.92 Å². The molecule has 0 spiro atoms. The van der Waals surface area contributed by atoms with Crippen molar-refractivity contribution in [1.82, 2.24) is 0 Å². The molecule has 2 unspecified atom stereocenters. The number of esters is 2. The van der Waals surface area contributed by atoms with Crippen molar-refractivity contribution in [3.63, 3.8) is 0 Å². The molecule has 3 rings (SSSR count). The Kier molecular flexibility index (Phi) is 14.5. The molecule has 1 fully saturated rings. The van der Waals surface area contributed by atoms with Gasteiger partial charge in [0.05, 0.1) is 77.2 Å². The molecule has 2 aromatic rings. The van der Waals surface area contributed by atoms with Crippen LogP contribution < -0.4 is 9.47 Å². The molecule has 1 saturated heterocycles. The molecule has 40 heavy (non-hydrogen) atoms.